The Morgan fingerprint density at radius 2 is 1.90 bits per heavy atom. The maximum Gasteiger partial charge on any atom is 0.215 e. The molecule has 1 aliphatic heterocycles. The van der Waals surface area contributed by atoms with E-state index in [4.69, 9.17) is 16.3 Å². The monoisotopic (exact) mass is 329 g/mol. The Bertz CT molecular complexity index is 583. The molecule has 0 aromatic heterocycles. The Labute approximate surface area is 130 Å². The van der Waals surface area contributed by atoms with Crippen LogP contribution >= 0.6 is 11.6 Å². The molecule has 1 aliphatic carbocycles. The van der Waals surface area contributed by atoms with E-state index in [1.54, 1.807) is 0 Å². The number of hydrogen-bond donors (Lipinski definition) is 1. The largest absolute Gasteiger partial charge is 0.381 e. The normalized spacial score (nSPS) is 26.7. The molecular formula is C15H20ClNO3S. The van der Waals surface area contributed by atoms with E-state index >= 15 is 0 Å². The van der Waals surface area contributed by atoms with Crippen LogP contribution in [0, 0.1) is 5.92 Å². The number of nitrogens with one attached hydrogen (secondary N) is 1. The van der Waals surface area contributed by atoms with Crippen molar-refractivity contribution in [3.8, 4) is 0 Å². The molecule has 2 fully saturated rings. The zero-order valence-corrected chi connectivity index (χ0v) is 13.4. The van der Waals surface area contributed by atoms with Crippen LogP contribution in [0.3, 0.4) is 0 Å². The molecule has 1 saturated carbocycles. The Morgan fingerprint density at radius 1 is 1.19 bits per heavy atom. The number of sulfonamides is 1. The van der Waals surface area contributed by atoms with Gasteiger partial charge >= 0.3 is 0 Å². The summed E-state index contributed by atoms with van der Waals surface area (Å²) >= 11 is 5.89. The highest BCUT2D eigenvalue weighted by molar-refractivity contribution is 7.90. The van der Waals surface area contributed by atoms with Gasteiger partial charge in [-0.3, -0.25) is 0 Å². The van der Waals surface area contributed by atoms with Gasteiger partial charge in [-0.05, 0) is 43.4 Å². The lowest BCUT2D eigenvalue weighted by Gasteiger charge is -2.31. The zero-order valence-electron chi connectivity index (χ0n) is 11.8. The van der Waals surface area contributed by atoms with E-state index in [0.29, 0.717) is 31.1 Å². The molecule has 1 saturated heterocycles. The van der Waals surface area contributed by atoms with Crippen molar-refractivity contribution in [2.24, 2.45) is 5.92 Å². The molecule has 1 aromatic carbocycles. The van der Waals surface area contributed by atoms with E-state index in [2.05, 4.69) is 4.72 Å². The molecule has 4 nitrogen and oxygen atoms in total. The second kappa shape index (κ2) is 6.24. The van der Waals surface area contributed by atoms with Gasteiger partial charge in [0, 0.05) is 23.6 Å². The molecule has 1 N–H and O–H groups in total. The average Bonchev–Trinajstić information content (AvgIpc) is 3.25. The first-order valence-electron chi connectivity index (χ1n) is 7.38. The third-order valence-corrected chi connectivity index (χ3v) is 6.45. The van der Waals surface area contributed by atoms with Crippen molar-refractivity contribution in [2.75, 3.05) is 13.2 Å². The van der Waals surface area contributed by atoms with Crippen molar-refractivity contribution < 1.29 is 13.2 Å². The molecule has 0 spiro atoms. The second-order valence-electron chi connectivity index (χ2n) is 5.93. The molecule has 0 bridgehead atoms. The first kappa shape index (κ1) is 15.3. The number of ether oxygens (including phenoxy) is 1. The van der Waals surface area contributed by atoms with Crippen LogP contribution in [0.5, 0.6) is 0 Å². The lowest BCUT2D eigenvalue weighted by atomic mass is 9.94. The Morgan fingerprint density at radius 3 is 2.57 bits per heavy atom. The van der Waals surface area contributed by atoms with Crippen LogP contribution in [-0.4, -0.2) is 32.9 Å². The smallest absolute Gasteiger partial charge is 0.215 e. The molecular weight excluding hydrogens is 310 g/mol. The fourth-order valence-electron chi connectivity index (χ4n) is 2.82. The molecule has 2 atom stereocenters. The van der Waals surface area contributed by atoms with Crippen LogP contribution in [-0.2, 0) is 21.2 Å². The van der Waals surface area contributed by atoms with Crippen molar-refractivity contribution in [1.82, 2.24) is 4.72 Å². The van der Waals surface area contributed by atoms with Gasteiger partial charge in [-0.25, -0.2) is 13.1 Å². The van der Waals surface area contributed by atoms with Crippen LogP contribution in [0.1, 0.15) is 24.8 Å². The van der Waals surface area contributed by atoms with Gasteiger partial charge in [0.25, 0.3) is 0 Å². The summed E-state index contributed by atoms with van der Waals surface area (Å²) in [6.45, 7) is 1.02. The Balaban J connectivity index is 1.72. The van der Waals surface area contributed by atoms with Gasteiger partial charge in [-0.2, -0.15) is 0 Å². The predicted molar refractivity (Wildman–Crippen MR) is 82.9 cm³/mol. The summed E-state index contributed by atoms with van der Waals surface area (Å²) in [6, 6.07) is 7.75. The lowest BCUT2D eigenvalue weighted by Crippen LogP contribution is -2.45. The Kier molecular flexibility index (Phi) is 4.54. The van der Waals surface area contributed by atoms with Crippen molar-refractivity contribution >= 4 is 21.6 Å². The minimum atomic E-state index is -3.25. The van der Waals surface area contributed by atoms with Gasteiger partial charge in [0.15, 0.2) is 0 Å². The number of rotatable bonds is 5. The summed E-state index contributed by atoms with van der Waals surface area (Å²) in [6.07, 6.45) is 3.20. The van der Waals surface area contributed by atoms with E-state index in [-0.39, 0.29) is 17.2 Å². The highest BCUT2D eigenvalue weighted by Gasteiger charge is 2.39. The first-order chi connectivity index (χ1) is 10.0. The number of hydrogen-bond acceptors (Lipinski definition) is 3. The van der Waals surface area contributed by atoms with Crippen LogP contribution in [0.4, 0.5) is 0 Å². The second-order valence-corrected chi connectivity index (χ2v) is 8.30. The van der Waals surface area contributed by atoms with Crippen molar-refractivity contribution in [1.29, 1.82) is 0 Å². The Hall–Kier alpha value is -0.620. The average molecular weight is 330 g/mol. The molecule has 0 unspecified atom stereocenters. The summed E-state index contributed by atoms with van der Waals surface area (Å²) in [5.41, 5.74) is 1.10. The predicted octanol–water partition coefficient (Wildman–Crippen LogP) is 2.37. The van der Waals surface area contributed by atoms with Gasteiger partial charge in [-0.15, -0.1) is 0 Å². The standard InChI is InChI=1S/C15H20ClNO3S/c16-13-3-1-11(2-4-13)9-12-10-20-8-7-15(12)21(18,19)17-14-5-6-14/h1-4,12,14-15,17H,5-10H2/t12-,15-/m0/s1. The molecule has 0 radical (unpaired) electrons. The van der Waals surface area contributed by atoms with Crippen LogP contribution in [0.2, 0.25) is 5.02 Å². The summed E-state index contributed by atoms with van der Waals surface area (Å²) in [5, 5.41) is 0.334. The quantitative estimate of drug-likeness (QED) is 0.902. The highest BCUT2D eigenvalue weighted by atomic mass is 35.5. The van der Waals surface area contributed by atoms with Crippen LogP contribution < -0.4 is 4.72 Å². The van der Waals surface area contributed by atoms with Crippen LogP contribution in [0.15, 0.2) is 24.3 Å². The van der Waals surface area contributed by atoms with Crippen molar-refractivity contribution in [3.05, 3.63) is 34.9 Å². The van der Waals surface area contributed by atoms with Gasteiger partial charge in [-0.1, -0.05) is 23.7 Å². The molecule has 2 aliphatic rings. The highest BCUT2D eigenvalue weighted by Crippen LogP contribution is 2.28. The number of halogens is 1. The summed E-state index contributed by atoms with van der Waals surface area (Å²) in [7, 11) is -3.25. The van der Waals surface area contributed by atoms with E-state index < -0.39 is 10.0 Å². The van der Waals surface area contributed by atoms with Crippen molar-refractivity contribution in [2.45, 2.75) is 37.0 Å². The topological polar surface area (TPSA) is 55.4 Å². The third-order valence-electron chi connectivity index (χ3n) is 4.12. The SMILES string of the molecule is O=S(=O)(NC1CC1)[C@H]1CCOC[C@@H]1Cc1ccc(Cl)cc1. The van der Waals surface area contributed by atoms with E-state index in [1.165, 1.54) is 0 Å². The van der Waals surface area contributed by atoms with E-state index in [1.807, 2.05) is 24.3 Å². The molecule has 1 heterocycles. The zero-order chi connectivity index (χ0) is 14.9. The maximum atomic E-state index is 12.5. The molecule has 116 valence electrons. The molecule has 1 aromatic rings. The fraction of sp³-hybridized carbons (Fsp3) is 0.600. The minimum Gasteiger partial charge on any atom is -0.381 e. The number of benzene rings is 1. The van der Waals surface area contributed by atoms with E-state index in [9.17, 15) is 8.42 Å². The molecule has 0 amide bonds. The van der Waals surface area contributed by atoms with Gasteiger partial charge in [0.1, 0.15) is 0 Å². The maximum absolute atomic E-state index is 12.5. The first-order valence-corrected chi connectivity index (χ1v) is 9.30. The van der Waals surface area contributed by atoms with Gasteiger partial charge < -0.3 is 4.74 Å². The van der Waals surface area contributed by atoms with E-state index in [0.717, 1.165) is 18.4 Å². The molecule has 3 rings (SSSR count). The third kappa shape index (κ3) is 3.97. The molecule has 6 heteroatoms. The summed E-state index contributed by atoms with van der Waals surface area (Å²) < 4.78 is 33.3. The lowest BCUT2D eigenvalue weighted by molar-refractivity contribution is 0.0570. The van der Waals surface area contributed by atoms with Crippen LogP contribution in [0.25, 0.3) is 0 Å². The van der Waals surface area contributed by atoms with Gasteiger partial charge in [0.2, 0.25) is 10.0 Å². The minimum absolute atomic E-state index is 0.00354. The van der Waals surface area contributed by atoms with Gasteiger partial charge in [0.05, 0.1) is 11.9 Å². The summed E-state index contributed by atoms with van der Waals surface area (Å²) in [5.74, 6) is -0.00354. The van der Waals surface area contributed by atoms with Crippen molar-refractivity contribution in [3.63, 3.8) is 0 Å². The summed E-state index contributed by atoms with van der Waals surface area (Å²) in [4.78, 5) is 0. The fourth-order valence-corrected chi connectivity index (χ4v) is 4.91. The molecule has 21 heavy (non-hydrogen) atoms.